The summed E-state index contributed by atoms with van der Waals surface area (Å²) in [5.74, 6) is -4.18. The van der Waals surface area contributed by atoms with E-state index in [-0.39, 0.29) is 42.8 Å². The van der Waals surface area contributed by atoms with Gasteiger partial charge in [-0.1, -0.05) is 19.1 Å². The van der Waals surface area contributed by atoms with Crippen LogP contribution in [-0.4, -0.2) is 108 Å². The average Bonchev–Trinajstić information content (AvgIpc) is 4.03. The first kappa shape index (κ1) is 43.8. The Labute approximate surface area is 339 Å². The van der Waals surface area contributed by atoms with Crippen LogP contribution in [0.25, 0.3) is 10.8 Å². The summed E-state index contributed by atoms with van der Waals surface area (Å²) >= 11 is 0. The SMILES string of the molecule is CCC1OC(C)CCC=CC2CC2(C(=O)NS(=O)(=O)C2(C)CC2)NC(=O)C2CC(Oc3nccc4cc(OC)c(F)cc34)CN2C(=O)C1NC(=O)OC(C)(C)C(F)(F)F. The van der Waals surface area contributed by atoms with E-state index in [1.54, 1.807) is 32.1 Å². The van der Waals surface area contributed by atoms with E-state index < -0.39 is 98.0 Å². The molecule has 4 aliphatic rings. The molecule has 2 saturated carbocycles. The Balaban J connectivity index is 1.38. The highest BCUT2D eigenvalue weighted by Gasteiger charge is 2.63. The van der Waals surface area contributed by atoms with Crippen LogP contribution in [0, 0.1) is 11.7 Å². The van der Waals surface area contributed by atoms with Gasteiger partial charge in [-0.3, -0.25) is 19.1 Å². The van der Waals surface area contributed by atoms with Gasteiger partial charge in [0.05, 0.1) is 30.6 Å². The van der Waals surface area contributed by atoms with Crippen LogP contribution in [0.4, 0.5) is 22.4 Å². The van der Waals surface area contributed by atoms with E-state index in [0.29, 0.717) is 44.9 Å². The highest BCUT2D eigenvalue weighted by Crippen LogP contribution is 2.47. The minimum atomic E-state index is -4.97. The number of aromatic nitrogens is 1. The number of rotatable bonds is 9. The zero-order valence-corrected chi connectivity index (χ0v) is 34.3. The van der Waals surface area contributed by atoms with E-state index in [9.17, 15) is 45.2 Å². The molecule has 15 nitrogen and oxygen atoms in total. The summed E-state index contributed by atoms with van der Waals surface area (Å²) in [6, 6.07) is 1.04. The molecule has 4 amide bonds. The third-order valence-corrected chi connectivity index (χ3v) is 13.7. The van der Waals surface area contributed by atoms with E-state index in [1.807, 2.05) is 0 Å². The van der Waals surface area contributed by atoms with E-state index >= 15 is 0 Å². The van der Waals surface area contributed by atoms with Crippen LogP contribution in [-0.2, 0) is 33.9 Å². The van der Waals surface area contributed by atoms with Crippen molar-refractivity contribution < 1.29 is 64.1 Å². The molecule has 7 unspecified atom stereocenters. The highest BCUT2D eigenvalue weighted by molar-refractivity contribution is 7.91. The number of pyridine rings is 1. The molecule has 1 aromatic carbocycles. The number of alkyl carbamates (subject to hydrolysis) is 1. The van der Waals surface area contributed by atoms with Crippen molar-refractivity contribution >= 4 is 44.6 Å². The third kappa shape index (κ3) is 8.93. The molecule has 6 rings (SSSR count). The molecule has 2 aliphatic heterocycles. The summed E-state index contributed by atoms with van der Waals surface area (Å²) in [5, 5.41) is 5.73. The van der Waals surface area contributed by atoms with Gasteiger partial charge in [0.1, 0.15) is 23.7 Å². The number of carbonyl (C=O) groups is 4. The lowest BCUT2D eigenvalue weighted by Gasteiger charge is -2.35. The largest absolute Gasteiger partial charge is 0.494 e. The summed E-state index contributed by atoms with van der Waals surface area (Å²) < 4.78 is 106. The second-order valence-electron chi connectivity index (χ2n) is 16.4. The van der Waals surface area contributed by atoms with Gasteiger partial charge in [0.2, 0.25) is 33.3 Å². The molecule has 324 valence electrons. The molecule has 20 heteroatoms. The van der Waals surface area contributed by atoms with Gasteiger partial charge in [-0.25, -0.2) is 22.6 Å². The van der Waals surface area contributed by atoms with Gasteiger partial charge in [-0.15, -0.1) is 0 Å². The zero-order valence-electron chi connectivity index (χ0n) is 33.5. The number of nitrogens with one attached hydrogen (secondary N) is 3. The Morgan fingerprint density at radius 3 is 2.53 bits per heavy atom. The fourth-order valence-corrected chi connectivity index (χ4v) is 8.62. The van der Waals surface area contributed by atoms with Crippen molar-refractivity contribution in [1.82, 2.24) is 25.2 Å². The van der Waals surface area contributed by atoms with Crippen LogP contribution in [0.2, 0.25) is 0 Å². The molecule has 0 spiro atoms. The lowest BCUT2D eigenvalue weighted by Crippen LogP contribution is -2.61. The van der Waals surface area contributed by atoms with Crippen LogP contribution in [0.15, 0.2) is 36.5 Å². The summed E-state index contributed by atoms with van der Waals surface area (Å²) in [6.07, 6.45) is -3.04. The van der Waals surface area contributed by atoms with E-state index in [1.165, 1.54) is 26.3 Å². The number of methoxy groups -OCH3 is 1. The predicted octanol–water partition coefficient (Wildman–Crippen LogP) is 4.57. The lowest BCUT2D eigenvalue weighted by molar-refractivity contribution is -0.244. The molecule has 59 heavy (non-hydrogen) atoms. The van der Waals surface area contributed by atoms with Crippen molar-refractivity contribution in [2.24, 2.45) is 5.92 Å². The van der Waals surface area contributed by atoms with Gasteiger partial charge in [0.15, 0.2) is 11.6 Å². The van der Waals surface area contributed by atoms with E-state index in [4.69, 9.17) is 18.9 Å². The molecule has 0 bridgehead atoms. The van der Waals surface area contributed by atoms with Gasteiger partial charge in [0, 0.05) is 23.9 Å². The number of sulfonamides is 1. The Hall–Kier alpha value is -4.72. The molecular weight excluding hydrogens is 807 g/mol. The monoisotopic (exact) mass is 855 g/mol. The van der Waals surface area contributed by atoms with Crippen LogP contribution in [0.5, 0.6) is 11.6 Å². The number of halogens is 4. The van der Waals surface area contributed by atoms with Crippen molar-refractivity contribution in [2.45, 2.75) is 132 Å². The number of amides is 4. The number of carbonyl (C=O) groups excluding carboxylic acids is 4. The maximum Gasteiger partial charge on any atom is 0.427 e. The Bertz CT molecular complexity index is 2130. The van der Waals surface area contributed by atoms with E-state index in [2.05, 4.69) is 20.3 Å². The molecule has 1 aromatic heterocycles. The lowest BCUT2D eigenvalue weighted by atomic mass is 10.0. The van der Waals surface area contributed by atoms with Crippen LogP contribution >= 0.6 is 0 Å². The maximum atomic E-state index is 14.9. The van der Waals surface area contributed by atoms with Crippen molar-refractivity contribution in [3.8, 4) is 11.6 Å². The quantitative estimate of drug-likeness (QED) is 0.237. The maximum absolute atomic E-state index is 14.9. The second-order valence-corrected chi connectivity index (χ2v) is 18.6. The van der Waals surface area contributed by atoms with Crippen molar-refractivity contribution in [2.75, 3.05) is 13.7 Å². The summed E-state index contributed by atoms with van der Waals surface area (Å²) in [4.78, 5) is 61.7. The molecule has 3 N–H and O–H groups in total. The standard InChI is InChI=1S/C39H49F4N5O10S/c1-7-28-30(45-35(52)58-36(3,4)39(41,42)43)33(50)48-20-24(57-32-25-18-26(40)29(55-6)16-22(25)12-15-44-32)17-27(48)31(49)46-38(19-23(38)11-9-8-10-21(2)56-28)34(51)47-59(53,54)37(5)13-14-37/h9,11-12,15-16,18,21,23-24,27-28,30H,7-8,10,13-14,17,19-20H2,1-6H3,(H,45,52)(H,46,49)(H,47,51). The van der Waals surface area contributed by atoms with Crippen LogP contribution in [0.3, 0.4) is 0 Å². The number of alkyl halides is 3. The van der Waals surface area contributed by atoms with Crippen LogP contribution in [0.1, 0.15) is 79.6 Å². The smallest absolute Gasteiger partial charge is 0.427 e. The number of hydrogen-bond donors (Lipinski definition) is 3. The zero-order chi connectivity index (χ0) is 43.3. The minimum absolute atomic E-state index is 0.0355. The van der Waals surface area contributed by atoms with Crippen LogP contribution < -0.4 is 24.8 Å². The van der Waals surface area contributed by atoms with Crippen molar-refractivity contribution in [3.63, 3.8) is 0 Å². The minimum Gasteiger partial charge on any atom is -0.494 e. The first-order valence-electron chi connectivity index (χ1n) is 19.4. The molecule has 2 aliphatic carbocycles. The average molecular weight is 856 g/mol. The molecule has 3 heterocycles. The molecular formula is C39H49F4N5O10S. The topological polar surface area (TPSA) is 192 Å². The van der Waals surface area contributed by atoms with E-state index in [0.717, 1.165) is 11.0 Å². The van der Waals surface area contributed by atoms with Crippen molar-refractivity contribution in [3.05, 3.63) is 42.4 Å². The molecule has 3 fully saturated rings. The van der Waals surface area contributed by atoms with Gasteiger partial charge >= 0.3 is 12.3 Å². The third-order valence-electron chi connectivity index (χ3n) is 11.6. The van der Waals surface area contributed by atoms with Gasteiger partial charge in [-0.2, -0.15) is 13.2 Å². The number of nitrogens with zero attached hydrogens (tertiary/aromatic N) is 2. The number of ether oxygens (including phenoxy) is 4. The Morgan fingerprint density at radius 1 is 1.17 bits per heavy atom. The molecule has 0 radical (unpaired) electrons. The summed E-state index contributed by atoms with van der Waals surface area (Å²) in [6.45, 7) is 5.81. The molecule has 2 aromatic rings. The first-order chi connectivity index (χ1) is 27.5. The molecule has 7 atom stereocenters. The fourth-order valence-electron chi connectivity index (χ4n) is 7.30. The number of allylic oxidation sites excluding steroid dienone is 1. The molecule has 1 saturated heterocycles. The number of hydrogen-bond acceptors (Lipinski definition) is 11. The fraction of sp³-hybridized carbons (Fsp3) is 0.615. The normalized spacial score (nSPS) is 28.6. The number of benzene rings is 1. The summed E-state index contributed by atoms with van der Waals surface area (Å²) in [5.41, 5.74) is -4.67. The first-order valence-corrected chi connectivity index (χ1v) is 20.9. The Morgan fingerprint density at radius 2 is 1.88 bits per heavy atom. The highest BCUT2D eigenvalue weighted by atomic mass is 32.2. The second kappa shape index (κ2) is 16.0. The van der Waals surface area contributed by atoms with Gasteiger partial charge < -0.3 is 34.5 Å². The van der Waals surface area contributed by atoms with Crippen molar-refractivity contribution in [1.29, 1.82) is 0 Å². The van der Waals surface area contributed by atoms with Gasteiger partial charge in [-0.05, 0) is 89.8 Å². The summed E-state index contributed by atoms with van der Waals surface area (Å²) in [7, 11) is -2.82. The van der Waals surface area contributed by atoms with Gasteiger partial charge in [0.25, 0.3) is 5.91 Å². The predicted molar refractivity (Wildman–Crippen MR) is 203 cm³/mol. The number of fused-ring (bicyclic) bond motifs is 3. The Kier molecular flexibility index (Phi) is 11.9.